The predicted octanol–water partition coefficient (Wildman–Crippen LogP) is 2.67. The van der Waals surface area contributed by atoms with Crippen molar-refractivity contribution in [2.75, 3.05) is 12.3 Å². The van der Waals surface area contributed by atoms with Crippen LogP contribution in [0.25, 0.3) is 33.1 Å². The summed E-state index contributed by atoms with van der Waals surface area (Å²) in [5.41, 5.74) is 7.81. The van der Waals surface area contributed by atoms with Gasteiger partial charge in [0.05, 0.1) is 23.1 Å². The van der Waals surface area contributed by atoms with E-state index in [1.807, 2.05) is 24.3 Å². The number of H-pyrrole nitrogens is 1. The van der Waals surface area contributed by atoms with Crippen LogP contribution in [0.4, 0.5) is 14.6 Å². The number of alkyl halides is 2. The highest BCUT2D eigenvalue weighted by Crippen LogP contribution is 2.31. The number of anilines is 1. The molecule has 4 N–H and O–H groups in total. The predicted molar refractivity (Wildman–Crippen MR) is 105 cm³/mol. The summed E-state index contributed by atoms with van der Waals surface area (Å²) in [4.78, 5) is 16.9. The van der Waals surface area contributed by atoms with E-state index in [2.05, 4.69) is 25.6 Å². The van der Waals surface area contributed by atoms with Gasteiger partial charge in [-0.25, -0.2) is 13.8 Å². The van der Waals surface area contributed by atoms with Gasteiger partial charge in [0, 0.05) is 23.3 Å². The monoisotopic (exact) mass is 399 g/mol. The maximum Gasteiger partial charge on any atom is 0.255 e. The van der Waals surface area contributed by atoms with E-state index in [1.165, 1.54) is 4.68 Å². The molecule has 10 heteroatoms. The minimum Gasteiger partial charge on any atom is -0.383 e. The van der Waals surface area contributed by atoms with E-state index in [0.717, 1.165) is 16.6 Å². The maximum atomic E-state index is 12.4. The maximum absolute atomic E-state index is 12.4. The number of carbonyl (C=O) groups is 1. The van der Waals surface area contributed by atoms with Gasteiger partial charge in [-0.05, 0) is 32.0 Å². The van der Waals surface area contributed by atoms with Crippen LogP contribution in [0.3, 0.4) is 0 Å². The molecule has 0 aliphatic carbocycles. The number of nitrogens with two attached hydrogens (primary N) is 1. The summed E-state index contributed by atoms with van der Waals surface area (Å²) >= 11 is 0. The number of benzene rings is 1. The van der Waals surface area contributed by atoms with Crippen molar-refractivity contribution < 1.29 is 13.6 Å². The molecule has 0 aliphatic heterocycles. The Morgan fingerprint density at radius 1 is 1.31 bits per heavy atom. The standard InChI is InChI=1S/C19H19F2N7O/c1-19(2,18(29)23-8-15(20)21)28-9-12-16(27-28)11-4-3-10(13-5-6-24-26-13)7-14(11)25-17(12)22/h3-7,9,15H,8H2,1-2H3,(H2,22,25)(H,23,29)(H,24,26). The Kier molecular flexibility index (Phi) is 4.40. The number of pyridine rings is 1. The zero-order chi connectivity index (χ0) is 20.8. The Bertz CT molecular complexity index is 1200. The summed E-state index contributed by atoms with van der Waals surface area (Å²) < 4.78 is 26.3. The number of hydrogen-bond donors (Lipinski definition) is 3. The molecule has 4 rings (SSSR count). The summed E-state index contributed by atoms with van der Waals surface area (Å²) in [6.07, 6.45) is 0.715. The Labute approximate surface area is 164 Å². The number of rotatable bonds is 5. The largest absolute Gasteiger partial charge is 0.383 e. The van der Waals surface area contributed by atoms with Crippen LogP contribution in [-0.2, 0) is 10.3 Å². The molecular weight excluding hydrogens is 380 g/mol. The van der Waals surface area contributed by atoms with Gasteiger partial charge in [0.1, 0.15) is 16.9 Å². The summed E-state index contributed by atoms with van der Waals surface area (Å²) in [5, 5.41) is 15.0. The number of nitrogens with one attached hydrogen (secondary N) is 2. The van der Waals surface area contributed by atoms with Gasteiger partial charge in [0.15, 0.2) is 0 Å². The SMILES string of the molecule is CC(C)(C(=O)NCC(F)F)n1cc2c(N)nc3cc(-c4cc[nH]n4)ccc3c2n1. The van der Waals surface area contributed by atoms with Crippen LogP contribution in [0.2, 0.25) is 0 Å². The first kappa shape index (κ1) is 18.8. The first-order chi connectivity index (χ1) is 13.8. The molecule has 4 aromatic rings. The van der Waals surface area contributed by atoms with Gasteiger partial charge in [0.2, 0.25) is 5.91 Å². The van der Waals surface area contributed by atoms with E-state index in [-0.39, 0.29) is 5.82 Å². The summed E-state index contributed by atoms with van der Waals surface area (Å²) in [6.45, 7) is 2.48. The van der Waals surface area contributed by atoms with Gasteiger partial charge in [-0.3, -0.25) is 14.6 Å². The highest BCUT2D eigenvalue weighted by molar-refractivity contribution is 6.08. The lowest BCUT2D eigenvalue weighted by Gasteiger charge is -2.24. The van der Waals surface area contributed by atoms with Crippen molar-refractivity contribution in [2.45, 2.75) is 25.8 Å². The van der Waals surface area contributed by atoms with Crippen LogP contribution in [-0.4, -0.2) is 43.8 Å². The molecule has 1 amide bonds. The van der Waals surface area contributed by atoms with Gasteiger partial charge < -0.3 is 11.1 Å². The second-order valence-electron chi connectivity index (χ2n) is 7.18. The lowest BCUT2D eigenvalue weighted by molar-refractivity contribution is -0.129. The van der Waals surface area contributed by atoms with E-state index in [1.54, 1.807) is 26.2 Å². The van der Waals surface area contributed by atoms with Gasteiger partial charge in [-0.15, -0.1) is 0 Å². The van der Waals surface area contributed by atoms with E-state index < -0.39 is 24.4 Å². The third kappa shape index (κ3) is 3.26. The third-order valence-corrected chi connectivity index (χ3v) is 4.83. The summed E-state index contributed by atoms with van der Waals surface area (Å²) in [5.74, 6) is -0.302. The lowest BCUT2D eigenvalue weighted by atomic mass is 10.1. The normalized spacial score (nSPS) is 12.2. The van der Waals surface area contributed by atoms with Crippen LogP contribution >= 0.6 is 0 Å². The molecule has 0 spiro atoms. The van der Waals surface area contributed by atoms with Crippen molar-refractivity contribution in [1.29, 1.82) is 0 Å². The topological polar surface area (TPSA) is 115 Å². The van der Waals surface area contributed by atoms with Crippen molar-refractivity contribution in [3.05, 3.63) is 36.7 Å². The molecule has 0 atom stereocenters. The average Bonchev–Trinajstić information content (AvgIpc) is 3.36. The number of hydrogen-bond acceptors (Lipinski definition) is 5. The first-order valence-electron chi connectivity index (χ1n) is 8.93. The van der Waals surface area contributed by atoms with Crippen LogP contribution < -0.4 is 11.1 Å². The van der Waals surface area contributed by atoms with Crippen LogP contribution in [0.15, 0.2) is 36.7 Å². The molecule has 0 unspecified atom stereocenters. The molecule has 1 aromatic carbocycles. The fourth-order valence-corrected chi connectivity index (χ4v) is 3.13. The Balaban J connectivity index is 1.79. The van der Waals surface area contributed by atoms with Gasteiger partial charge in [-0.1, -0.05) is 6.07 Å². The Morgan fingerprint density at radius 3 is 2.79 bits per heavy atom. The number of amides is 1. The zero-order valence-electron chi connectivity index (χ0n) is 15.8. The smallest absolute Gasteiger partial charge is 0.255 e. The molecule has 0 saturated heterocycles. The Morgan fingerprint density at radius 2 is 2.10 bits per heavy atom. The molecular formula is C19H19F2N7O. The molecule has 150 valence electrons. The highest BCUT2D eigenvalue weighted by Gasteiger charge is 2.32. The van der Waals surface area contributed by atoms with E-state index in [9.17, 15) is 13.6 Å². The summed E-state index contributed by atoms with van der Waals surface area (Å²) in [7, 11) is 0. The summed E-state index contributed by atoms with van der Waals surface area (Å²) in [6, 6.07) is 7.48. The fraction of sp³-hybridized carbons (Fsp3) is 0.263. The first-order valence-corrected chi connectivity index (χ1v) is 8.93. The number of nitrogens with zero attached hydrogens (tertiary/aromatic N) is 4. The molecule has 0 bridgehead atoms. The van der Waals surface area contributed by atoms with Crippen molar-refractivity contribution in [1.82, 2.24) is 30.3 Å². The second kappa shape index (κ2) is 6.80. The van der Waals surface area contributed by atoms with E-state index in [0.29, 0.717) is 16.4 Å². The number of halogens is 2. The van der Waals surface area contributed by atoms with Crippen molar-refractivity contribution in [3.63, 3.8) is 0 Å². The molecule has 0 radical (unpaired) electrons. The molecule has 3 aromatic heterocycles. The van der Waals surface area contributed by atoms with Gasteiger partial charge in [0.25, 0.3) is 6.43 Å². The van der Waals surface area contributed by atoms with Crippen LogP contribution in [0.1, 0.15) is 13.8 Å². The molecule has 0 fully saturated rings. The number of aromatic nitrogens is 5. The molecule has 0 aliphatic rings. The number of nitrogen functional groups attached to an aromatic ring is 1. The lowest BCUT2D eigenvalue weighted by Crippen LogP contribution is -2.46. The average molecular weight is 399 g/mol. The van der Waals surface area contributed by atoms with Crippen molar-refractivity contribution in [3.8, 4) is 11.3 Å². The number of fused-ring (bicyclic) bond motifs is 3. The van der Waals surface area contributed by atoms with Gasteiger partial charge >= 0.3 is 0 Å². The van der Waals surface area contributed by atoms with E-state index in [4.69, 9.17) is 5.73 Å². The minimum absolute atomic E-state index is 0.265. The van der Waals surface area contributed by atoms with Gasteiger partial charge in [-0.2, -0.15) is 10.2 Å². The fourth-order valence-electron chi connectivity index (χ4n) is 3.13. The molecule has 3 heterocycles. The quantitative estimate of drug-likeness (QED) is 0.477. The molecule has 8 nitrogen and oxygen atoms in total. The van der Waals surface area contributed by atoms with Crippen LogP contribution in [0.5, 0.6) is 0 Å². The van der Waals surface area contributed by atoms with Crippen LogP contribution in [0, 0.1) is 0 Å². The Hall–Kier alpha value is -3.56. The number of aromatic amines is 1. The van der Waals surface area contributed by atoms with Crippen molar-refractivity contribution >= 4 is 33.5 Å². The van der Waals surface area contributed by atoms with Crippen molar-refractivity contribution in [2.24, 2.45) is 0 Å². The van der Waals surface area contributed by atoms with E-state index >= 15 is 0 Å². The third-order valence-electron chi connectivity index (χ3n) is 4.83. The number of carbonyl (C=O) groups excluding carboxylic acids is 1. The highest BCUT2D eigenvalue weighted by atomic mass is 19.3. The zero-order valence-corrected chi connectivity index (χ0v) is 15.8. The molecule has 0 saturated carbocycles. The molecule has 29 heavy (non-hydrogen) atoms. The minimum atomic E-state index is -2.63. The second-order valence-corrected chi connectivity index (χ2v) is 7.18.